The summed E-state index contributed by atoms with van der Waals surface area (Å²) in [7, 11) is -2.09. The maximum absolute atomic E-state index is 12.2. The number of aryl methyl sites for hydroxylation is 1. The Morgan fingerprint density at radius 2 is 1.75 bits per heavy atom. The van der Waals surface area contributed by atoms with Gasteiger partial charge in [-0.3, -0.25) is 4.72 Å². The van der Waals surface area contributed by atoms with Crippen LogP contribution in [0.4, 0.5) is 11.4 Å². The second-order valence-corrected chi connectivity index (χ2v) is 6.04. The summed E-state index contributed by atoms with van der Waals surface area (Å²) in [6.07, 6.45) is 0. The molecule has 2 aromatic rings. The summed E-state index contributed by atoms with van der Waals surface area (Å²) in [6.45, 7) is 1.89. The molecule has 3 N–H and O–H groups in total. The van der Waals surface area contributed by atoms with Gasteiger partial charge >= 0.3 is 0 Å². The molecular weight excluding hydrogens is 276 g/mol. The van der Waals surface area contributed by atoms with Crippen molar-refractivity contribution in [3.8, 4) is 5.75 Å². The van der Waals surface area contributed by atoms with E-state index < -0.39 is 10.0 Å². The molecule has 0 saturated heterocycles. The van der Waals surface area contributed by atoms with Crippen LogP contribution in [0.3, 0.4) is 0 Å². The minimum atomic E-state index is -3.63. The lowest BCUT2D eigenvalue weighted by atomic mass is 10.2. The maximum Gasteiger partial charge on any atom is 0.261 e. The van der Waals surface area contributed by atoms with Crippen molar-refractivity contribution in [2.75, 3.05) is 17.6 Å². The Morgan fingerprint density at radius 3 is 2.35 bits per heavy atom. The van der Waals surface area contributed by atoms with Crippen LogP contribution in [0.5, 0.6) is 5.75 Å². The number of rotatable bonds is 4. The third-order valence-corrected chi connectivity index (χ3v) is 4.25. The second-order valence-electron chi connectivity index (χ2n) is 4.36. The van der Waals surface area contributed by atoms with Crippen LogP contribution < -0.4 is 15.2 Å². The molecule has 2 aromatic carbocycles. The SMILES string of the molecule is COc1cc(NS(=O)(=O)c2ccc(N)cc2)ccc1C. The van der Waals surface area contributed by atoms with Crippen LogP contribution in [-0.2, 0) is 10.0 Å². The summed E-state index contributed by atoms with van der Waals surface area (Å²) in [5, 5.41) is 0. The smallest absolute Gasteiger partial charge is 0.261 e. The molecule has 0 radical (unpaired) electrons. The molecule has 0 spiro atoms. The third kappa shape index (κ3) is 3.03. The molecule has 0 aromatic heterocycles. The topological polar surface area (TPSA) is 81.4 Å². The zero-order chi connectivity index (χ0) is 14.8. The van der Waals surface area contributed by atoms with E-state index in [-0.39, 0.29) is 4.90 Å². The number of hydrogen-bond donors (Lipinski definition) is 2. The molecule has 6 heteroatoms. The van der Waals surface area contributed by atoms with Crippen molar-refractivity contribution in [3.05, 3.63) is 48.0 Å². The number of nitrogens with two attached hydrogens (primary N) is 1. The van der Waals surface area contributed by atoms with Crippen molar-refractivity contribution < 1.29 is 13.2 Å². The lowest BCUT2D eigenvalue weighted by Crippen LogP contribution is -2.13. The lowest BCUT2D eigenvalue weighted by Gasteiger charge is -2.11. The molecule has 106 valence electrons. The number of sulfonamides is 1. The van der Waals surface area contributed by atoms with Crippen LogP contribution in [0.25, 0.3) is 0 Å². The highest BCUT2D eigenvalue weighted by Crippen LogP contribution is 2.24. The number of benzene rings is 2. The largest absolute Gasteiger partial charge is 0.496 e. The minimum absolute atomic E-state index is 0.159. The van der Waals surface area contributed by atoms with Gasteiger partial charge in [-0.15, -0.1) is 0 Å². The van der Waals surface area contributed by atoms with Gasteiger partial charge in [-0.05, 0) is 42.8 Å². The highest BCUT2D eigenvalue weighted by Gasteiger charge is 2.14. The average Bonchev–Trinajstić information content (AvgIpc) is 2.41. The number of ether oxygens (including phenoxy) is 1. The van der Waals surface area contributed by atoms with Gasteiger partial charge in [0.25, 0.3) is 10.0 Å². The van der Waals surface area contributed by atoms with E-state index in [0.29, 0.717) is 17.1 Å². The second kappa shape index (κ2) is 5.42. The van der Waals surface area contributed by atoms with Crippen LogP contribution in [0.2, 0.25) is 0 Å². The van der Waals surface area contributed by atoms with Crippen LogP contribution in [0.1, 0.15) is 5.56 Å². The first-order valence-electron chi connectivity index (χ1n) is 5.95. The summed E-state index contributed by atoms with van der Waals surface area (Å²) in [5.74, 6) is 0.627. The van der Waals surface area contributed by atoms with E-state index in [1.165, 1.54) is 12.1 Å². The van der Waals surface area contributed by atoms with E-state index in [0.717, 1.165) is 5.56 Å². The van der Waals surface area contributed by atoms with Crippen molar-refractivity contribution in [1.29, 1.82) is 0 Å². The molecule has 0 heterocycles. The highest BCUT2D eigenvalue weighted by atomic mass is 32.2. The van der Waals surface area contributed by atoms with Gasteiger partial charge in [0.1, 0.15) is 5.75 Å². The van der Waals surface area contributed by atoms with E-state index in [1.54, 1.807) is 37.4 Å². The summed E-state index contributed by atoms with van der Waals surface area (Å²) < 4.78 is 32.1. The molecule has 0 fully saturated rings. The first kappa shape index (κ1) is 14.2. The van der Waals surface area contributed by atoms with Gasteiger partial charge in [0.05, 0.1) is 17.7 Å². The van der Waals surface area contributed by atoms with E-state index in [1.807, 2.05) is 6.92 Å². The fraction of sp³-hybridized carbons (Fsp3) is 0.143. The Morgan fingerprint density at radius 1 is 1.10 bits per heavy atom. The normalized spacial score (nSPS) is 11.1. The quantitative estimate of drug-likeness (QED) is 0.848. The minimum Gasteiger partial charge on any atom is -0.496 e. The van der Waals surface area contributed by atoms with Gasteiger partial charge in [-0.2, -0.15) is 0 Å². The van der Waals surface area contributed by atoms with Crippen LogP contribution in [0.15, 0.2) is 47.4 Å². The van der Waals surface area contributed by atoms with Crippen LogP contribution in [-0.4, -0.2) is 15.5 Å². The number of methoxy groups -OCH3 is 1. The Hall–Kier alpha value is -2.21. The summed E-state index contributed by atoms with van der Waals surface area (Å²) in [5.41, 5.74) is 7.44. The standard InChI is InChI=1S/C14H16N2O3S/c1-10-3-6-12(9-14(10)19-2)16-20(17,18)13-7-4-11(15)5-8-13/h3-9,16H,15H2,1-2H3. The molecule has 0 atom stereocenters. The first-order valence-corrected chi connectivity index (χ1v) is 7.44. The van der Waals surface area contributed by atoms with E-state index in [4.69, 9.17) is 10.5 Å². The van der Waals surface area contributed by atoms with Gasteiger partial charge in [-0.25, -0.2) is 8.42 Å². The van der Waals surface area contributed by atoms with Crippen LogP contribution >= 0.6 is 0 Å². The lowest BCUT2D eigenvalue weighted by molar-refractivity contribution is 0.412. The zero-order valence-electron chi connectivity index (χ0n) is 11.3. The van der Waals surface area contributed by atoms with Gasteiger partial charge in [-0.1, -0.05) is 6.07 Å². The molecule has 0 aliphatic heterocycles. The Labute approximate surface area is 118 Å². The Balaban J connectivity index is 2.30. The average molecular weight is 292 g/mol. The van der Waals surface area contributed by atoms with Crippen molar-refractivity contribution in [1.82, 2.24) is 0 Å². The summed E-state index contributed by atoms with van der Waals surface area (Å²) in [6, 6.07) is 11.1. The zero-order valence-corrected chi connectivity index (χ0v) is 12.1. The fourth-order valence-electron chi connectivity index (χ4n) is 1.74. The molecule has 0 unspecified atom stereocenters. The first-order chi connectivity index (χ1) is 9.42. The molecule has 0 aliphatic rings. The molecule has 20 heavy (non-hydrogen) atoms. The van der Waals surface area contributed by atoms with Crippen molar-refractivity contribution in [3.63, 3.8) is 0 Å². The molecule has 0 aliphatic carbocycles. The van der Waals surface area contributed by atoms with Crippen LogP contribution in [0, 0.1) is 6.92 Å². The summed E-state index contributed by atoms with van der Waals surface area (Å²) >= 11 is 0. The Kier molecular flexibility index (Phi) is 3.85. The van der Waals surface area contributed by atoms with E-state index >= 15 is 0 Å². The summed E-state index contributed by atoms with van der Waals surface area (Å²) in [4.78, 5) is 0.159. The van der Waals surface area contributed by atoms with Gasteiger partial charge < -0.3 is 10.5 Å². The predicted octanol–water partition coefficient (Wildman–Crippen LogP) is 2.39. The maximum atomic E-state index is 12.2. The predicted molar refractivity (Wildman–Crippen MR) is 79.4 cm³/mol. The monoisotopic (exact) mass is 292 g/mol. The van der Waals surface area contributed by atoms with E-state index in [9.17, 15) is 8.42 Å². The molecule has 0 amide bonds. The van der Waals surface area contributed by atoms with Crippen molar-refractivity contribution in [2.45, 2.75) is 11.8 Å². The number of nitrogen functional groups attached to an aromatic ring is 1. The van der Waals surface area contributed by atoms with Gasteiger partial charge in [0.2, 0.25) is 0 Å². The molecule has 5 nitrogen and oxygen atoms in total. The highest BCUT2D eigenvalue weighted by molar-refractivity contribution is 7.92. The van der Waals surface area contributed by atoms with Gasteiger partial charge in [0, 0.05) is 11.8 Å². The van der Waals surface area contributed by atoms with Gasteiger partial charge in [0.15, 0.2) is 0 Å². The Bertz CT molecular complexity index is 710. The number of nitrogens with one attached hydrogen (secondary N) is 1. The fourth-order valence-corrected chi connectivity index (χ4v) is 2.79. The molecule has 2 rings (SSSR count). The van der Waals surface area contributed by atoms with Crippen molar-refractivity contribution >= 4 is 21.4 Å². The molecular formula is C14H16N2O3S. The van der Waals surface area contributed by atoms with Crippen molar-refractivity contribution in [2.24, 2.45) is 0 Å². The molecule has 0 saturated carbocycles. The third-order valence-electron chi connectivity index (χ3n) is 2.85. The van der Waals surface area contributed by atoms with E-state index in [2.05, 4.69) is 4.72 Å². The number of hydrogen-bond acceptors (Lipinski definition) is 4. The molecule has 0 bridgehead atoms. The number of anilines is 2.